The number of hydrogen-bond donors (Lipinski definition) is 1. The van der Waals surface area contributed by atoms with Crippen LogP contribution in [0.2, 0.25) is 5.02 Å². The van der Waals surface area contributed by atoms with Crippen LogP contribution in [0, 0.1) is 6.92 Å². The van der Waals surface area contributed by atoms with Crippen LogP contribution in [0.1, 0.15) is 11.3 Å². The number of fused-ring (bicyclic) bond motifs is 1. The molecule has 19 heavy (non-hydrogen) atoms. The number of rotatable bonds is 3. The van der Waals surface area contributed by atoms with Crippen molar-refractivity contribution < 1.29 is 4.42 Å². The molecular formula is C14H12ClN3O. The SMILES string of the molecule is Cc1cc(Cl)c(NCc2cnco2)c2cccnc12. The van der Waals surface area contributed by atoms with E-state index in [0.717, 1.165) is 27.9 Å². The highest BCUT2D eigenvalue weighted by molar-refractivity contribution is 6.35. The van der Waals surface area contributed by atoms with Crippen molar-refractivity contribution in [1.82, 2.24) is 9.97 Å². The van der Waals surface area contributed by atoms with E-state index < -0.39 is 0 Å². The van der Waals surface area contributed by atoms with Crippen LogP contribution < -0.4 is 5.32 Å². The first kappa shape index (κ1) is 12.0. The van der Waals surface area contributed by atoms with Crippen LogP contribution in [-0.4, -0.2) is 9.97 Å². The fourth-order valence-corrected chi connectivity index (χ4v) is 2.40. The van der Waals surface area contributed by atoms with Gasteiger partial charge in [0.25, 0.3) is 0 Å². The largest absolute Gasteiger partial charge is 0.447 e. The topological polar surface area (TPSA) is 51.0 Å². The zero-order valence-electron chi connectivity index (χ0n) is 10.4. The van der Waals surface area contributed by atoms with E-state index in [1.54, 1.807) is 12.4 Å². The maximum atomic E-state index is 6.31. The Labute approximate surface area is 115 Å². The number of aryl methyl sites for hydroxylation is 1. The molecule has 5 heteroatoms. The fraction of sp³-hybridized carbons (Fsp3) is 0.143. The Bertz CT molecular complexity index is 710. The van der Waals surface area contributed by atoms with Gasteiger partial charge in [-0.3, -0.25) is 4.98 Å². The number of benzene rings is 1. The summed E-state index contributed by atoms with van der Waals surface area (Å²) in [5.74, 6) is 0.758. The molecule has 3 aromatic rings. The maximum absolute atomic E-state index is 6.31. The molecule has 0 aliphatic carbocycles. The Morgan fingerprint density at radius 2 is 2.32 bits per heavy atom. The quantitative estimate of drug-likeness (QED) is 0.789. The third kappa shape index (κ3) is 2.27. The molecule has 0 aliphatic rings. The van der Waals surface area contributed by atoms with Gasteiger partial charge in [-0.2, -0.15) is 0 Å². The van der Waals surface area contributed by atoms with Crippen molar-refractivity contribution >= 4 is 28.2 Å². The smallest absolute Gasteiger partial charge is 0.180 e. The summed E-state index contributed by atoms with van der Waals surface area (Å²) in [4.78, 5) is 8.27. The Balaban J connectivity index is 2.02. The van der Waals surface area contributed by atoms with E-state index in [9.17, 15) is 0 Å². The highest BCUT2D eigenvalue weighted by Gasteiger charge is 2.10. The normalized spacial score (nSPS) is 10.8. The highest BCUT2D eigenvalue weighted by Crippen LogP contribution is 2.32. The van der Waals surface area contributed by atoms with E-state index in [4.69, 9.17) is 16.0 Å². The monoisotopic (exact) mass is 273 g/mol. The molecule has 2 aromatic heterocycles. The van der Waals surface area contributed by atoms with Crippen LogP contribution in [0.3, 0.4) is 0 Å². The molecule has 2 heterocycles. The minimum absolute atomic E-state index is 0.534. The molecule has 0 spiro atoms. The number of anilines is 1. The molecule has 96 valence electrons. The zero-order valence-corrected chi connectivity index (χ0v) is 11.1. The molecule has 0 amide bonds. The minimum atomic E-state index is 0.534. The number of nitrogens with zero attached hydrogens (tertiary/aromatic N) is 2. The number of nitrogens with one attached hydrogen (secondary N) is 1. The van der Waals surface area contributed by atoms with Crippen LogP contribution in [0.4, 0.5) is 5.69 Å². The first-order valence-corrected chi connectivity index (χ1v) is 6.28. The van der Waals surface area contributed by atoms with Gasteiger partial charge in [0.2, 0.25) is 0 Å². The second kappa shape index (κ2) is 4.90. The number of halogens is 1. The van der Waals surface area contributed by atoms with Gasteiger partial charge in [-0.1, -0.05) is 11.6 Å². The summed E-state index contributed by atoms with van der Waals surface area (Å²) in [6.45, 7) is 2.54. The van der Waals surface area contributed by atoms with E-state index in [-0.39, 0.29) is 0 Å². The van der Waals surface area contributed by atoms with Gasteiger partial charge in [-0.25, -0.2) is 4.98 Å². The molecule has 0 unspecified atom stereocenters. The van der Waals surface area contributed by atoms with E-state index in [2.05, 4.69) is 15.3 Å². The van der Waals surface area contributed by atoms with Crippen molar-refractivity contribution in [3.8, 4) is 0 Å². The summed E-state index contributed by atoms with van der Waals surface area (Å²) in [5.41, 5.74) is 2.88. The number of hydrogen-bond acceptors (Lipinski definition) is 4. The van der Waals surface area contributed by atoms with Gasteiger partial charge >= 0.3 is 0 Å². The van der Waals surface area contributed by atoms with Crippen LogP contribution in [0.15, 0.2) is 41.4 Å². The van der Waals surface area contributed by atoms with Crippen molar-refractivity contribution in [2.75, 3.05) is 5.32 Å². The highest BCUT2D eigenvalue weighted by atomic mass is 35.5. The maximum Gasteiger partial charge on any atom is 0.180 e. The molecule has 0 atom stereocenters. The summed E-state index contributed by atoms with van der Waals surface area (Å²) in [6, 6.07) is 5.82. The molecule has 4 nitrogen and oxygen atoms in total. The Hall–Kier alpha value is -2.07. The Morgan fingerprint density at radius 3 is 3.11 bits per heavy atom. The first-order chi connectivity index (χ1) is 9.25. The molecule has 0 radical (unpaired) electrons. The number of oxazole rings is 1. The summed E-state index contributed by atoms with van der Waals surface area (Å²) < 4.78 is 5.20. The lowest BCUT2D eigenvalue weighted by molar-refractivity contribution is 0.512. The van der Waals surface area contributed by atoms with Gasteiger partial charge in [0, 0.05) is 11.6 Å². The van der Waals surface area contributed by atoms with Crippen molar-refractivity contribution in [2.45, 2.75) is 13.5 Å². The Morgan fingerprint density at radius 1 is 1.42 bits per heavy atom. The summed E-state index contributed by atoms with van der Waals surface area (Å²) in [5, 5.41) is 4.96. The minimum Gasteiger partial charge on any atom is -0.447 e. The Kier molecular flexibility index (Phi) is 3.09. The van der Waals surface area contributed by atoms with E-state index in [1.807, 2.05) is 25.1 Å². The van der Waals surface area contributed by atoms with Crippen LogP contribution >= 0.6 is 11.6 Å². The van der Waals surface area contributed by atoms with Gasteiger partial charge < -0.3 is 9.73 Å². The molecule has 1 N–H and O–H groups in total. The molecule has 0 saturated carbocycles. The van der Waals surface area contributed by atoms with Crippen LogP contribution in [-0.2, 0) is 6.54 Å². The van der Waals surface area contributed by atoms with Crippen LogP contribution in [0.25, 0.3) is 10.9 Å². The standard InChI is InChI=1S/C14H12ClN3O/c1-9-5-12(15)14(11-3-2-4-17-13(9)11)18-7-10-6-16-8-19-10/h2-6,8,18H,7H2,1H3. The lowest BCUT2D eigenvalue weighted by Gasteiger charge is -2.12. The third-order valence-electron chi connectivity index (χ3n) is 2.96. The van der Waals surface area contributed by atoms with Gasteiger partial charge in [0.1, 0.15) is 5.76 Å². The molecule has 0 bridgehead atoms. The van der Waals surface area contributed by atoms with Gasteiger partial charge in [-0.05, 0) is 30.7 Å². The third-order valence-corrected chi connectivity index (χ3v) is 3.25. The van der Waals surface area contributed by atoms with E-state index in [0.29, 0.717) is 11.6 Å². The molecular weight excluding hydrogens is 262 g/mol. The average molecular weight is 274 g/mol. The van der Waals surface area contributed by atoms with Gasteiger partial charge in [0.05, 0.1) is 29.0 Å². The van der Waals surface area contributed by atoms with E-state index >= 15 is 0 Å². The van der Waals surface area contributed by atoms with E-state index in [1.165, 1.54) is 6.39 Å². The lowest BCUT2D eigenvalue weighted by Crippen LogP contribution is -2.00. The molecule has 0 aliphatic heterocycles. The predicted octanol–water partition coefficient (Wildman–Crippen LogP) is 3.80. The molecule has 3 rings (SSSR count). The predicted molar refractivity (Wildman–Crippen MR) is 75.3 cm³/mol. The van der Waals surface area contributed by atoms with Crippen molar-refractivity contribution in [3.05, 3.63) is 53.3 Å². The zero-order chi connectivity index (χ0) is 13.2. The average Bonchev–Trinajstić information content (AvgIpc) is 2.92. The lowest BCUT2D eigenvalue weighted by atomic mass is 10.1. The number of pyridine rings is 1. The van der Waals surface area contributed by atoms with Gasteiger partial charge in [0.15, 0.2) is 6.39 Å². The first-order valence-electron chi connectivity index (χ1n) is 5.91. The fourth-order valence-electron chi connectivity index (χ4n) is 2.07. The van der Waals surface area contributed by atoms with Crippen molar-refractivity contribution in [2.24, 2.45) is 0 Å². The summed E-state index contributed by atoms with van der Waals surface area (Å²) in [7, 11) is 0. The van der Waals surface area contributed by atoms with Crippen molar-refractivity contribution in [1.29, 1.82) is 0 Å². The molecule has 0 fully saturated rings. The van der Waals surface area contributed by atoms with Gasteiger partial charge in [-0.15, -0.1) is 0 Å². The van der Waals surface area contributed by atoms with Crippen molar-refractivity contribution in [3.63, 3.8) is 0 Å². The molecule has 1 aromatic carbocycles. The summed E-state index contributed by atoms with van der Waals surface area (Å²) >= 11 is 6.31. The number of aromatic nitrogens is 2. The second-order valence-electron chi connectivity index (χ2n) is 4.27. The second-order valence-corrected chi connectivity index (χ2v) is 4.68. The molecule has 0 saturated heterocycles. The van der Waals surface area contributed by atoms with Crippen LogP contribution in [0.5, 0.6) is 0 Å². The summed E-state index contributed by atoms with van der Waals surface area (Å²) in [6.07, 6.45) is 4.87.